The number of benzene rings is 1. The van der Waals surface area contributed by atoms with Crippen molar-refractivity contribution in [2.24, 2.45) is 5.16 Å². The number of unbranched alkanes of at least 4 members (excludes halogenated alkanes) is 3. The number of oxime groups is 1. The van der Waals surface area contributed by atoms with E-state index in [-0.39, 0.29) is 16.8 Å². The maximum absolute atomic E-state index is 9.33. The van der Waals surface area contributed by atoms with Crippen molar-refractivity contribution in [1.82, 2.24) is 0 Å². The van der Waals surface area contributed by atoms with Gasteiger partial charge in [0.15, 0.2) is 5.75 Å². The third-order valence-electron chi connectivity index (χ3n) is 2.67. The van der Waals surface area contributed by atoms with Gasteiger partial charge in [-0.25, -0.2) is 0 Å². The molecule has 0 fully saturated rings. The first-order chi connectivity index (χ1) is 11.0. The van der Waals surface area contributed by atoms with Gasteiger partial charge in [-0.15, -0.1) is 0 Å². The van der Waals surface area contributed by atoms with Crippen LogP contribution in [0.25, 0.3) is 0 Å². The minimum atomic E-state index is 0.0117. The highest BCUT2D eigenvalue weighted by Crippen LogP contribution is 2.36. The van der Waals surface area contributed by atoms with E-state index in [4.69, 9.17) is 56.0 Å². The van der Waals surface area contributed by atoms with E-state index in [1.165, 1.54) is 18.2 Å². The van der Waals surface area contributed by atoms with Crippen LogP contribution in [0.3, 0.4) is 0 Å². The molecule has 8 heteroatoms. The number of rotatable bonds is 10. The molecule has 128 valence electrons. The minimum Gasteiger partial charge on any atom is -0.508 e. The standard InChI is InChI=1S/C15H17Cl4NO3/c16-12-9-11(21)10-13(17)15(12)22-7-4-2-1-3-6-20-23-8-5-14(18)19/h5-6,9-10,21H,1-4,7-8H2. The summed E-state index contributed by atoms with van der Waals surface area (Å²) >= 11 is 22.7. The second-order valence-corrected chi connectivity index (χ2v) is 6.34. The fourth-order valence-corrected chi connectivity index (χ4v) is 2.33. The van der Waals surface area contributed by atoms with Crippen molar-refractivity contribution in [2.75, 3.05) is 13.2 Å². The lowest BCUT2D eigenvalue weighted by Gasteiger charge is -2.10. The number of hydrogen-bond acceptors (Lipinski definition) is 4. The van der Waals surface area contributed by atoms with Crippen molar-refractivity contribution < 1.29 is 14.7 Å². The predicted molar refractivity (Wildman–Crippen MR) is 96.3 cm³/mol. The molecule has 0 aliphatic carbocycles. The zero-order chi connectivity index (χ0) is 17.1. The Morgan fingerprint density at radius 2 is 1.83 bits per heavy atom. The average Bonchev–Trinajstić information content (AvgIpc) is 2.46. The highest BCUT2D eigenvalue weighted by molar-refractivity contribution is 6.55. The number of phenolic OH excluding ortho intramolecular Hbond substituents is 1. The van der Waals surface area contributed by atoms with Gasteiger partial charge in [-0.2, -0.15) is 0 Å². The molecule has 0 heterocycles. The number of hydrogen-bond donors (Lipinski definition) is 1. The number of ether oxygens (including phenoxy) is 1. The zero-order valence-corrected chi connectivity index (χ0v) is 15.3. The van der Waals surface area contributed by atoms with Gasteiger partial charge in [-0.05, 0) is 31.8 Å². The van der Waals surface area contributed by atoms with E-state index in [9.17, 15) is 5.11 Å². The summed E-state index contributed by atoms with van der Waals surface area (Å²) in [6, 6.07) is 2.79. The van der Waals surface area contributed by atoms with Crippen LogP contribution >= 0.6 is 46.4 Å². The molecule has 0 aliphatic rings. The van der Waals surface area contributed by atoms with Gasteiger partial charge in [0.05, 0.1) is 16.7 Å². The summed E-state index contributed by atoms with van der Waals surface area (Å²) in [5, 5.41) is 13.7. The Morgan fingerprint density at radius 3 is 2.48 bits per heavy atom. The summed E-state index contributed by atoms with van der Waals surface area (Å²) < 4.78 is 5.70. The normalized spacial score (nSPS) is 10.8. The third-order valence-corrected chi connectivity index (χ3v) is 3.54. The van der Waals surface area contributed by atoms with Gasteiger partial charge in [0.1, 0.15) is 16.8 Å². The summed E-state index contributed by atoms with van der Waals surface area (Å²) in [6.45, 7) is 0.748. The van der Waals surface area contributed by atoms with Crippen molar-refractivity contribution in [3.63, 3.8) is 0 Å². The number of aromatic hydroxyl groups is 1. The van der Waals surface area contributed by atoms with Crippen LogP contribution in [0.15, 0.2) is 27.9 Å². The molecule has 0 aliphatic heterocycles. The molecule has 0 atom stereocenters. The van der Waals surface area contributed by atoms with Crippen molar-refractivity contribution in [1.29, 1.82) is 0 Å². The van der Waals surface area contributed by atoms with E-state index in [1.807, 2.05) is 0 Å². The molecule has 0 bridgehead atoms. The Labute approximate surface area is 155 Å². The van der Waals surface area contributed by atoms with E-state index >= 15 is 0 Å². The van der Waals surface area contributed by atoms with Crippen LogP contribution in [0.2, 0.25) is 10.0 Å². The molecule has 0 unspecified atom stereocenters. The first kappa shape index (κ1) is 20.2. The maximum atomic E-state index is 9.33. The Balaban J connectivity index is 2.10. The van der Waals surface area contributed by atoms with Gasteiger partial charge in [0.25, 0.3) is 0 Å². The van der Waals surface area contributed by atoms with Gasteiger partial charge < -0.3 is 14.7 Å². The second-order valence-electron chi connectivity index (χ2n) is 4.51. The molecule has 0 spiro atoms. The molecular weight excluding hydrogens is 384 g/mol. The number of phenols is 1. The summed E-state index contributed by atoms with van der Waals surface area (Å²) in [4.78, 5) is 4.92. The summed E-state index contributed by atoms with van der Waals surface area (Å²) in [5.41, 5.74) is 0. The predicted octanol–water partition coefficient (Wildman–Crippen LogP) is 5.96. The van der Waals surface area contributed by atoms with E-state index in [0.717, 1.165) is 25.7 Å². The highest BCUT2D eigenvalue weighted by Gasteiger charge is 2.09. The Hall–Kier alpha value is -0.810. The number of halogens is 4. The molecule has 1 N–H and O–H groups in total. The Morgan fingerprint density at radius 1 is 1.13 bits per heavy atom. The topological polar surface area (TPSA) is 51.0 Å². The molecular formula is C15H17Cl4NO3. The maximum Gasteiger partial charge on any atom is 0.156 e. The SMILES string of the molecule is Oc1cc(Cl)c(OCCCCCC=NOCC=C(Cl)Cl)c(Cl)c1. The zero-order valence-electron chi connectivity index (χ0n) is 12.3. The summed E-state index contributed by atoms with van der Waals surface area (Å²) in [6.07, 6.45) is 6.79. The lowest BCUT2D eigenvalue weighted by Crippen LogP contribution is -1.98. The van der Waals surface area contributed by atoms with Crippen molar-refractivity contribution in [3.05, 3.63) is 32.7 Å². The van der Waals surface area contributed by atoms with Gasteiger partial charge in [0, 0.05) is 18.3 Å². The van der Waals surface area contributed by atoms with Crippen LogP contribution in [0, 0.1) is 0 Å². The molecule has 1 aromatic carbocycles. The monoisotopic (exact) mass is 399 g/mol. The smallest absolute Gasteiger partial charge is 0.156 e. The van der Waals surface area contributed by atoms with E-state index in [0.29, 0.717) is 22.4 Å². The van der Waals surface area contributed by atoms with Crippen LogP contribution in [0.1, 0.15) is 25.7 Å². The van der Waals surface area contributed by atoms with Crippen LogP contribution in [-0.4, -0.2) is 24.5 Å². The highest BCUT2D eigenvalue weighted by atomic mass is 35.5. The third kappa shape index (κ3) is 9.16. The lowest BCUT2D eigenvalue weighted by atomic mass is 10.2. The average molecular weight is 401 g/mol. The fraction of sp³-hybridized carbons (Fsp3) is 0.400. The molecule has 1 rings (SSSR count). The first-order valence-electron chi connectivity index (χ1n) is 6.96. The summed E-state index contributed by atoms with van der Waals surface area (Å²) in [5.74, 6) is 0.407. The quantitative estimate of drug-likeness (QED) is 0.299. The molecule has 0 saturated carbocycles. The molecule has 23 heavy (non-hydrogen) atoms. The van der Waals surface area contributed by atoms with Crippen molar-refractivity contribution in [3.8, 4) is 11.5 Å². The second kappa shape index (κ2) is 11.7. The van der Waals surface area contributed by atoms with E-state index < -0.39 is 0 Å². The van der Waals surface area contributed by atoms with Crippen molar-refractivity contribution in [2.45, 2.75) is 25.7 Å². The first-order valence-corrected chi connectivity index (χ1v) is 8.47. The van der Waals surface area contributed by atoms with Gasteiger partial charge in [0.2, 0.25) is 0 Å². The minimum absolute atomic E-state index is 0.0117. The van der Waals surface area contributed by atoms with Gasteiger partial charge in [-0.1, -0.05) is 51.6 Å². The Kier molecular flexibility index (Phi) is 10.3. The molecule has 0 saturated heterocycles. The molecule has 0 radical (unpaired) electrons. The fourth-order valence-electron chi connectivity index (χ4n) is 1.62. The molecule has 0 amide bonds. The largest absolute Gasteiger partial charge is 0.508 e. The van der Waals surface area contributed by atoms with E-state index in [1.54, 1.807) is 6.21 Å². The van der Waals surface area contributed by atoms with E-state index in [2.05, 4.69) is 5.16 Å². The van der Waals surface area contributed by atoms with Gasteiger partial charge in [-0.3, -0.25) is 0 Å². The Bertz CT molecular complexity index is 523. The molecule has 1 aromatic rings. The molecule has 0 aromatic heterocycles. The van der Waals surface area contributed by atoms with Crippen LogP contribution in [0.4, 0.5) is 0 Å². The summed E-state index contributed by atoms with van der Waals surface area (Å²) in [7, 11) is 0. The number of nitrogens with zero attached hydrogens (tertiary/aromatic N) is 1. The van der Waals surface area contributed by atoms with Gasteiger partial charge >= 0.3 is 0 Å². The van der Waals surface area contributed by atoms with Crippen LogP contribution in [0.5, 0.6) is 11.5 Å². The van der Waals surface area contributed by atoms with Crippen molar-refractivity contribution >= 4 is 52.6 Å². The van der Waals surface area contributed by atoms with Crippen LogP contribution in [-0.2, 0) is 4.84 Å². The lowest BCUT2D eigenvalue weighted by molar-refractivity contribution is 0.175. The van der Waals surface area contributed by atoms with Crippen LogP contribution < -0.4 is 4.74 Å². The molecule has 4 nitrogen and oxygen atoms in total.